The van der Waals surface area contributed by atoms with Gasteiger partial charge in [-0.15, -0.1) is 0 Å². The van der Waals surface area contributed by atoms with Crippen molar-refractivity contribution in [2.24, 2.45) is 11.1 Å². The van der Waals surface area contributed by atoms with Gasteiger partial charge in [-0.05, 0) is 19.4 Å². The van der Waals surface area contributed by atoms with E-state index in [-0.39, 0.29) is 11.9 Å². The first kappa shape index (κ1) is 14.2. The third-order valence-electron chi connectivity index (χ3n) is 2.95. The zero-order chi connectivity index (χ0) is 13.6. The summed E-state index contributed by atoms with van der Waals surface area (Å²) in [5.41, 5.74) is 5.74. The smallest absolute Gasteiger partial charge is 0.224 e. The Hall–Kier alpha value is -1.86. The van der Waals surface area contributed by atoms with Crippen molar-refractivity contribution in [3.63, 3.8) is 0 Å². The molecular formula is C14H19N3O. The number of carbonyl (C=O) groups is 1. The molecule has 0 fully saturated rings. The fourth-order valence-electron chi connectivity index (χ4n) is 1.55. The molecule has 4 nitrogen and oxygen atoms in total. The maximum absolute atomic E-state index is 11.2. The minimum atomic E-state index is -0.623. The van der Waals surface area contributed by atoms with E-state index in [4.69, 9.17) is 11.0 Å². The molecule has 18 heavy (non-hydrogen) atoms. The Bertz CT molecular complexity index is 434. The van der Waals surface area contributed by atoms with E-state index in [1.165, 1.54) is 0 Å². The van der Waals surface area contributed by atoms with Crippen molar-refractivity contribution in [3.8, 4) is 6.07 Å². The van der Waals surface area contributed by atoms with Crippen molar-refractivity contribution in [3.05, 3.63) is 35.9 Å². The molecule has 1 unspecified atom stereocenters. The normalized spacial score (nSPS) is 12.7. The number of amides is 1. The number of nitrogens with one attached hydrogen (secondary N) is 1. The second-order valence-corrected chi connectivity index (χ2v) is 4.95. The highest BCUT2D eigenvalue weighted by Gasteiger charge is 2.26. The van der Waals surface area contributed by atoms with E-state index in [9.17, 15) is 4.79 Å². The summed E-state index contributed by atoms with van der Waals surface area (Å²) in [6, 6.07) is 11.8. The van der Waals surface area contributed by atoms with Crippen LogP contribution in [0.3, 0.4) is 0 Å². The number of primary amides is 1. The fraction of sp³-hybridized carbons (Fsp3) is 0.429. The standard InChI is InChI=1S/C14H19N3O/c1-14(2,13(16)18)10-17-12(8-9-15)11-6-4-3-5-7-11/h3-7,12,17H,8,10H2,1-2H3,(H2,16,18). The van der Waals surface area contributed by atoms with Gasteiger partial charge < -0.3 is 11.1 Å². The van der Waals surface area contributed by atoms with Crippen LogP contribution in [0.1, 0.15) is 31.9 Å². The van der Waals surface area contributed by atoms with Gasteiger partial charge >= 0.3 is 0 Å². The Labute approximate surface area is 108 Å². The number of nitrogens with two attached hydrogens (primary N) is 1. The molecule has 1 aromatic carbocycles. The summed E-state index contributed by atoms with van der Waals surface area (Å²) in [4.78, 5) is 11.2. The molecule has 0 spiro atoms. The molecule has 0 aliphatic heterocycles. The van der Waals surface area contributed by atoms with Gasteiger partial charge in [0.1, 0.15) is 0 Å². The van der Waals surface area contributed by atoms with Gasteiger partial charge in [-0.3, -0.25) is 4.79 Å². The molecule has 1 aromatic rings. The van der Waals surface area contributed by atoms with Crippen LogP contribution >= 0.6 is 0 Å². The van der Waals surface area contributed by atoms with Crippen molar-refractivity contribution in [1.82, 2.24) is 5.32 Å². The second kappa shape index (κ2) is 6.18. The zero-order valence-corrected chi connectivity index (χ0v) is 10.8. The topological polar surface area (TPSA) is 78.9 Å². The number of benzene rings is 1. The highest BCUT2D eigenvalue weighted by molar-refractivity contribution is 5.80. The van der Waals surface area contributed by atoms with Crippen LogP contribution < -0.4 is 11.1 Å². The van der Waals surface area contributed by atoms with Gasteiger partial charge in [-0.25, -0.2) is 0 Å². The summed E-state index contributed by atoms with van der Waals surface area (Å²) >= 11 is 0. The van der Waals surface area contributed by atoms with Crippen LogP contribution in [0.5, 0.6) is 0 Å². The predicted octanol–water partition coefficient (Wildman–Crippen LogP) is 1.74. The first-order valence-corrected chi connectivity index (χ1v) is 5.92. The van der Waals surface area contributed by atoms with Crippen LogP contribution in [0, 0.1) is 16.7 Å². The fourth-order valence-corrected chi connectivity index (χ4v) is 1.55. The molecule has 1 rings (SSSR count). The molecule has 0 saturated carbocycles. The first-order chi connectivity index (χ1) is 8.47. The Kier molecular flexibility index (Phi) is 4.87. The maximum atomic E-state index is 11.2. The van der Waals surface area contributed by atoms with Crippen molar-refractivity contribution in [1.29, 1.82) is 5.26 Å². The number of hydrogen-bond acceptors (Lipinski definition) is 3. The largest absolute Gasteiger partial charge is 0.369 e. The SMILES string of the molecule is CC(C)(CNC(CC#N)c1ccccc1)C(N)=O. The highest BCUT2D eigenvalue weighted by atomic mass is 16.1. The third-order valence-corrected chi connectivity index (χ3v) is 2.95. The van der Waals surface area contributed by atoms with Gasteiger partial charge in [0, 0.05) is 12.6 Å². The Morgan fingerprint density at radius 1 is 1.44 bits per heavy atom. The van der Waals surface area contributed by atoms with E-state index in [0.29, 0.717) is 13.0 Å². The van der Waals surface area contributed by atoms with Gasteiger partial charge in [0.25, 0.3) is 0 Å². The van der Waals surface area contributed by atoms with E-state index in [0.717, 1.165) is 5.56 Å². The van der Waals surface area contributed by atoms with Gasteiger partial charge in [0.2, 0.25) is 5.91 Å². The van der Waals surface area contributed by atoms with Crippen molar-refractivity contribution < 1.29 is 4.79 Å². The van der Waals surface area contributed by atoms with Crippen molar-refractivity contribution in [2.75, 3.05) is 6.54 Å². The molecular weight excluding hydrogens is 226 g/mol. The molecule has 3 N–H and O–H groups in total. The van der Waals surface area contributed by atoms with Crippen molar-refractivity contribution in [2.45, 2.75) is 26.3 Å². The summed E-state index contributed by atoms with van der Waals surface area (Å²) in [6.45, 7) is 4.02. The Balaban J connectivity index is 2.72. The monoisotopic (exact) mass is 245 g/mol. The van der Waals surface area contributed by atoms with E-state index >= 15 is 0 Å². The highest BCUT2D eigenvalue weighted by Crippen LogP contribution is 2.19. The molecule has 0 aliphatic carbocycles. The summed E-state index contributed by atoms with van der Waals surface area (Å²) in [6.07, 6.45) is 0.360. The quantitative estimate of drug-likeness (QED) is 0.801. The first-order valence-electron chi connectivity index (χ1n) is 5.92. The summed E-state index contributed by atoms with van der Waals surface area (Å²) < 4.78 is 0. The van der Waals surface area contributed by atoms with Gasteiger partial charge in [0.05, 0.1) is 17.9 Å². The van der Waals surface area contributed by atoms with E-state index in [2.05, 4.69) is 11.4 Å². The minimum Gasteiger partial charge on any atom is -0.369 e. The Morgan fingerprint density at radius 2 is 2.06 bits per heavy atom. The average Bonchev–Trinajstić information content (AvgIpc) is 2.35. The van der Waals surface area contributed by atoms with E-state index in [1.807, 2.05) is 30.3 Å². The molecule has 0 saturated heterocycles. The second-order valence-electron chi connectivity index (χ2n) is 4.95. The lowest BCUT2D eigenvalue weighted by Gasteiger charge is -2.25. The van der Waals surface area contributed by atoms with Crippen LogP contribution in [0.15, 0.2) is 30.3 Å². The summed E-state index contributed by atoms with van der Waals surface area (Å²) in [5, 5.41) is 12.1. The zero-order valence-electron chi connectivity index (χ0n) is 10.8. The van der Waals surface area contributed by atoms with Crippen molar-refractivity contribution >= 4 is 5.91 Å². The van der Waals surface area contributed by atoms with Crippen LogP contribution in [0.4, 0.5) is 0 Å². The predicted molar refractivity (Wildman–Crippen MR) is 70.4 cm³/mol. The molecule has 1 atom stereocenters. The minimum absolute atomic E-state index is 0.0742. The van der Waals surface area contributed by atoms with Crippen LogP contribution in [-0.4, -0.2) is 12.5 Å². The third kappa shape index (κ3) is 3.86. The molecule has 0 radical (unpaired) electrons. The van der Waals surface area contributed by atoms with E-state index in [1.54, 1.807) is 13.8 Å². The molecule has 96 valence electrons. The molecule has 0 aliphatic rings. The van der Waals surface area contributed by atoms with Crippen LogP contribution in [0.2, 0.25) is 0 Å². The number of hydrogen-bond donors (Lipinski definition) is 2. The van der Waals surface area contributed by atoms with E-state index < -0.39 is 5.41 Å². The number of carbonyl (C=O) groups excluding carboxylic acids is 1. The molecule has 0 aromatic heterocycles. The number of nitriles is 1. The summed E-state index contributed by atoms with van der Waals surface area (Å²) in [5.74, 6) is -0.348. The molecule has 1 amide bonds. The van der Waals surface area contributed by atoms with Crippen LogP contribution in [0.25, 0.3) is 0 Å². The Morgan fingerprint density at radius 3 is 2.56 bits per heavy atom. The summed E-state index contributed by atoms with van der Waals surface area (Å²) in [7, 11) is 0. The lowest BCUT2D eigenvalue weighted by molar-refractivity contribution is -0.125. The number of nitrogens with zero attached hydrogens (tertiary/aromatic N) is 1. The lowest BCUT2D eigenvalue weighted by Crippen LogP contribution is -2.41. The molecule has 0 bridgehead atoms. The van der Waals surface area contributed by atoms with Gasteiger partial charge in [-0.2, -0.15) is 5.26 Å². The number of rotatable bonds is 6. The maximum Gasteiger partial charge on any atom is 0.224 e. The lowest BCUT2D eigenvalue weighted by atomic mass is 9.91. The van der Waals surface area contributed by atoms with Gasteiger partial charge in [-0.1, -0.05) is 30.3 Å². The molecule has 0 heterocycles. The van der Waals surface area contributed by atoms with Gasteiger partial charge in [0.15, 0.2) is 0 Å². The van der Waals surface area contributed by atoms with Crippen LogP contribution in [-0.2, 0) is 4.79 Å². The average molecular weight is 245 g/mol. The molecule has 4 heteroatoms.